The largest absolute Gasteiger partial charge is 0.464 e. The van der Waals surface area contributed by atoms with E-state index in [2.05, 4.69) is 33.3 Å². The Labute approximate surface area is 81.6 Å². The second-order valence-electron chi connectivity index (χ2n) is 1.98. The molecule has 1 N–H and O–H groups in total. The monoisotopic (exact) mass is 230 g/mol. The van der Waals surface area contributed by atoms with Crippen LogP contribution in [0.1, 0.15) is 13.3 Å². The predicted molar refractivity (Wildman–Crippen MR) is 52.7 cm³/mol. The summed E-state index contributed by atoms with van der Waals surface area (Å²) in [5, 5.41) is 0. The Hall–Kier alpha value is 0.390. The van der Waals surface area contributed by atoms with E-state index in [0.717, 1.165) is 6.42 Å². The van der Waals surface area contributed by atoms with Crippen LogP contribution in [0.5, 0.6) is 0 Å². The fourth-order valence-corrected chi connectivity index (χ4v) is 0.999. The van der Waals surface area contributed by atoms with Crippen LogP contribution in [0.15, 0.2) is 0 Å². The lowest BCUT2D eigenvalue weighted by molar-refractivity contribution is -0.145. The molecule has 0 aromatic carbocycles. The summed E-state index contributed by atoms with van der Waals surface area (Å²) in [6.07, 6.45) is 0.750. The van der Waals surface area contributed by atoms with E-state index < -0.39 is 11.7 Å². The lowest BCUT2D eigenvalue weighted by atomic mass is 10.5. The lowest BCUT2D eigenvalue weighted by Crippen LogP contribution is -2.11. The van der Waals surface area contributed by atoms with E-state index in [1.807, 2.05) is 6.92 Å². The minimum atomic E-state index is -3.02. The third-order valence-electron chi connectivity index (χ3n) is 0.818. The number of thiol groups is 1. The van der Waals surface area contributed by atoms with Crippen LogP contribution in [0.2, 0.25) is 0 Å². The molecule has 0 aliphatic carbocycles. The van der Waals surface area contributed by atoms with Gasteiger partial charge >= 0.3 is 5.97 Å². The average Bonchev–Trinajstić information content (AvgIpc) is 1.95. The minimum Gasteiger partial charge on any atom is -0.464 e. The van der Waals surface area contributed by atoms with E-state index >= 15 is 0 Å². The smallest absolute Gasteiger partial charge is 0.332 e. The number of esters is 1. The zero-order valence-electron chi connectivity index (χ0n) is 6.60. The molecule has 0 radical (unpaired) electrons. The molecule has 1 atom stereocenters. The molecule has 0 aliphatic heterocycles. The zero-order chi connectivity index (χ0) is 9.61. The van der Waals surface area contributed by atoms with Crippen molar-refractivity contribution in [2.24, 2.45) is 0 Å². The molecule has 1 unspecified atom stereocenters. The molecule has 0 aliphatic rings. The first-order chi connectivity index (χ1) is 5.45. The maximum absolute atomic E-state index is 10.7. The molecule has 0 heterocycles. The van der Waals surface area contributed by atoms with Crippen LogP contribution in [-0.2, 0) is 25.9 Å². The second-order valence-corrected chi connectivity index (χ2v) is 7.15. The maximum atomic E-state index is 10.7. The van der Waals surface area contributed by atoms with Crippen molar-refractivity contribution >= 4 is 35.7 Å². The molecule has 4 nitrogen and oxygen atoms in total. The van der Waals surface area contributed by atoms with E-state index in [0.29, 0.717) is 6.61 Å². The summed E-state index contributed by atoms with van der Waals surface area (Å²) in [7, 11) is 0. The SMILES string of the molecule is CCCOC(=O)COP(O)(=S)S. The summed E-state index contributed by atoms with van der Waals surface area (Å²) in [5.41, 5.74) is -3.02. The van der Waals surface area contributed by atoms with Crippen molar-refractivity contribution in [1.29, 1.82) is 0 Å². The summed E-state index contributed by atoms with van der Waals surface area (Å²) < 4.78 is 9.21. The fraction of sp³-hybridized carbons (Fsp3) is 0.800. The molecule has 72 valence electrons. The van der Waals surface area contributed by atoms with Crippen LogP contribution < -0.4 is 0 Å². The van der Waals surface area contributed by atoms with Gasteiger partial charge in [0.25, 0.3) is 0 Å². The van der Waals surface area contributed by atoms with Crippen molar-refractivity contribution in [2.75, 3.05) is 13.2 Å². The Bertz CT molecular complexity index is 190. The Kier molecular flexibility index (Phi) is 6.13. The van der Waals surface area contributed by atoms with Gasteiger partial charge in [-0.05, 0) is 18.2 Å². The van der Waals surface area contributed by atoms with Gasteiger partial charge in [0.15, 0.2) is 6.61 Å². The lowest BCUT2D eigenvalue weighted by Gasteiger charge is -2.08. The normalized spacial score (nSPS) is 15.2. The molecule has 7 heteroatoms. The molecule has 0 saturated heterocycles. The number of carbonyl (C=O) groups excluding carboxylic acids is 1. The van der Waals surface area contributed by atoms with Crippen molar-refractivity contribution < 1.29 is 18.9 Å². The number of carbonyl (C=O) groups is 1. The van der Waals surface area contributed by atoms with Gasteiger partial charge in [-0.1, -0.05) is 19.2 Å². The molecular weight excluding hydrogens is 219 g/mol. The highest BCUT2D eigenvalue weighted by Crippen LogP contribution is 2.46. The van der Waals surface area contributed by atoms with E-state index in [1.54, 1.807) is 0 Å². The van der Waals surface area contributed by atoms with E-state index in [-0.39, 0.29) is 6.61 Å². The van der Waals surface area contributed by atoms with Gasteiger partial charge in [0.1, 0.15) is 0 Å². The molecular formula is C5H11O4PS2. The van der Waals surface area contributed by atoms with Gasteiger partial charge in [-0.15, -0.1) is 0 Å². The molecule has 0 aromatic rings. The van der Waals surface area contributed by atoms with E-state index in [1.165, 1.54) is 0 Å². The molecule has 0 aromatic heterocycles. The van der Waals surface area contributed by atoms with Crippen molar-refractivity contribution in [1.82, 2.24) is 0 Å². The van der Waals surface area contributed by atoms with Crippen LogP contribution in [-0.4, -0.2) is 24.1 Å². The topological polar surface area (TPSA) is 55.8 Å². The molecule has 0 amide bonds. The van der Waals surface area contributed by atoms with Crippen LogP contribution in [0.3, 0.4) is 0 Å². The molecule has 0 saturated carbocycles. The highest BCUT2D eigenvalue weighted by molar-refractivity contribution is 8.59. The number of hydrogen-bond acceptors (Lipinski definition) is 4. The third kappa shape index (κ3) is 8.49. The summed E-state index contributed by atoms with van der Waals surface area (Å²) in [6.45, 7) is 1.89. The van der Waals surface area contributed by atoms with Gasteiger partial charge in [0, 0.05) is 0 Å². The summed E-state index contributed by atoms with van der Waals surface area (Å²) >= 11 is 7.99. The first-order valence-corrected chi connectivity index (χ1v) is 7.14. The van der Waals surface area contributed by atoms with E-state index in [4.69, 9.17) is 4.89 Å². The highest BCUT2D eigenvalue weighted by Gasteiger charge is 2.10. The number of ether oxygens (including phenoxy) is 1. The van der Waals surface area contributed by atoms with Gasteiger partial charge < -0.3 is 14.2 Å². The van der Waals surface area contributed by atoms with Crippen LogP contribution in [0.4, 0.5) is 0 Å². The first-order valence-electron chi connectivity index (χ1n) is 3.31. The Balaban J connectivity index is 3.51. The van der Waals surface area contributed by atoms with Gasteiger partial charge in [-0.2, -0.15) is 0 Å². The fourth-order valence-electron chi connectivity index (χ4n) is 0.394. The third-order valence-corrected chi connectivity index (χ3v) is 1.95. The quantitative estimate of drug-likeness (QED) is 0.421. The van der Waals surface area contributed by atoms with E-state index in [9.17, 15) is 4.79 Å². The number of hydrogen-bond donors (Lipinski definition) is 2. The molecule has 12 heavy (non-hydrogen) atoms. The minimum absolute atomic E-state index is 0.336. The summed E-state index contributed by atoms with van der Waals surface area (Å²) in [4.78, 5) is 19.6. The highest BCUT2D eigenvalue weighted by atomic mass is 32.9. The molecule has 0 spiro atoms. The zero-order valence-corrected chi connectivity index (χ0v) is 9.20. The Morgan fingerprint density at radius 2 is 2.33 bits per heavy atom. The molecule has 0 rings (SSSR count). The molecule has 0 bridgehead atoms. The molecule has 0 fully saturated rings. The van der Waals surface area contributed by atoms with Crippen molar-refractivity contribution in [3.05, 3.63) is 0 Å². The predicted octanol–water partition coefficient (Wildman–Crippen LogP) is 1.10. The first kappa shape index (κ1) is 12.4. The Morgan fingerprint density at radius 3 is 2.75 bits per heavy atom. The van der Waals surface area contributed by atoms with Crippen LogP contribution in [0, 0.1) is 0 Å². The second kappa shape index (κ2) is 5.94. The van der Waals surface area contributed by atoms with Crippen molar-refractivity contribution in [3.8, 4) is 0 Å². The van der Waals surface area contributed by atoms with Crippen LogP contribution >= 0.6 is 17.9 Å². The summed E-state index contributed by atoms with van der Waals surface area (Å²) in [6, 6.07) is 0. The van der Waals surface area contributed by atoms with Gasteiger partial charge in [-0.3, -0.25) is 0 Å². The van der Waals surface area contributed by atoms with Gasteiger partial charge in [0.05, 0.1) is 6.61 Å². The maximum Gasteiger partial charge on any atom is 0.332 e. The average molecular weight is 230 g/mol. The summed E-state index contributed by atoms with van der Waals surface area (Å²) in [5.74, 6) is -0.533. The van der Waals surface area contributed by atoms with Crippen molar-refractivity contribution in [2.45, 2.75) is 13.3 Å². The standard InChI is InChI=1S/C5H11O4PS2/c1-2-3-8-5(6)4-9-10(7,11)12/h2-4H2,1H3,(H2,7,11,12). The number of rotatable bonds is 5. The van der Waals surface area contributed by atoms with Gasteiger partial charge in [0.2, 0.25) is 5.69 Å². The van der Waals surface area contributed by atoms with Gasteiger partial charge in [-0.25, -0.2) is 4.79 Å². The van der Waals surface area contributed by atoms with Crippen molar-refractivity contribution in [3.63, 3.8) is 0 Å². The Morgan fingerprint density at radius 1 is 1.75 bits per heavy atom. The van der Waals surface area contributed by atoms with Crippen LogP contribution in [0.25, 0.3) is 0 Å².